The Kier molecular flexibility index (Phi) is 1.96. The minimum absolute atomic E-state index is 0.753. The zero-order valence-electron chi connectivity index (χ0n) is 8.23. The fourth-order valence-corrected chi connectivity index (χ4v) is 1.28. The van der Waals surface area contributed by atoms with Crippen molar-refractivity contribution in [2.75, 3.05) is 5.73 Å². The topological polar surface area (TPSA) is 56.7 Å². The van der Waals surface area contributed by atoms with Gasteiger partial charge in [0.05, 0.1) is 0 Å². The van der Waals surface area contributed by atoms with Crippen LogP contribution < -0.4 is 5.73 Å². The lowest BCUT2D eigenvalue weighted by molar-refractivity contribution is 0.931. The predicted molar refractivity (Wildman–Crippen MR) is 55.2 cm³/mol. The summed E-state index contributed by atoms with van der Waals surface area (Å²) in [7, 11) is 0. The number of nitrogens with two attached hydrogens (primary N) is 1. The molecule has 2 heterocycles. The number of aromatic nitrogens is 3. The van der Waals surface area contributed by atoms with Gasteiger partial charge in [-0.3, -0.25) is 4.57 Å². The number of hydrogen-bond acceptors (Lipinski definition) is 3. The summed E-state index contributed by atoms with van der Waals surface area (Å²) in [5, 5.41) is 0. The van der Waals surface area contributed by atoms with Gasteiger partial charge in [-0.25, -0.2) is 9.97 Å². The number of hydrogen-bond donors (Lipinski definition) is 1. The molecule has 14 heavy (non-hydrogen) atoms. The maximum absolute atomic E-state index is 5.80. The lowest BCUT2D eigenvalue weighted by atomic mass is 10.2. The van der Waals surface area contributed by atoms with E-state index in [-0.39, 0.29) is 0 Å². The Balaban J connectivity index is 2.53. The molecule has 2 N–H and O–H groups in total. The molecule has 0 aromatic carbocycles. The van der Waals surface area contributed by atoms with Gasteiger partial charge in [-0.15, -0.1) is 0 Å². The largest absolute Gasteiger partial charge is 0.398 e. The van der Waals surface area contributed by atoms with Crippen molar-refractivity contribution in [3.8, 4) is 5.82 Å². The normalized spacial score (nSPS) is 10.4. The van der Waals surface area contributed by atoms with Gasteiger partial charge in [0.15, 0.2) is 0 Å². The summed E-state index contributed by atoms with van der Waals surface area (Å²) < 4.78 is 1.90. The van der Waals surface area contributed by atoms with E-state index in [2.05, 4.69) is 9.97 Å². The third-order valence-corrected chi connectivity index (χ3v) is 2.20. The van der Waals surface area contributed by atoms with Crippen molar-refractivity contribution in [2.24, 2.45) is 0 Å². The molecule has 0 unspecified atom stereocenters. The highest BCUT2D eigenvalue weighted by Crippen LogP contribution is 2.14. The lowest BCUT2D eigenvalue weighted by Crippen LogP contribution is -2.01. The Bertz CT molecular complexity index is 459. The summed E-state index contributed by atoms with van der Waals surface area (Å²) in [5.41, 5.74) is 7.55. The second kappa shape index (κ2) is 3.14. The molecule has 4 nitrogen and oxygen atoms in total. The Morgan fingerprint density at radius 2 is 2.07 bits per heavy atom. The molecule has 0 saturated carbocycles. The van der Waals surface area contributed by atoms with Crippen LogP contribution in [0.4, 0.5) is 5.69 Å². The Morgan fingerprint density at radius 3 is 2.64 bits per heavy atom. The SMILES string of the molecule is Cc1cnc(-n2ccnc2C)cc1N. The van der Waals surface area contributed by atoms with Crippen molar-refractivity contribution in [1.82, 2.24) is 14.5 Å². The fraction of sp³-hybridized carbons (Fsp3) is 0.200. The van der Waals surface area contributed by atoms with E-state index in [1.165, 1.54) is 0 Å². The molecule has 2 aromatic rings. The van der Waals surface area contributed by atoms with Gasteiger partial charge < -0.3 is 5.73 Å². The van der Waals surface area contributed by atoms with Gasteiger partial charge in [-0.2, -0.15) is 0 Å². The van der Waals surface area contributed by atoms with Crippen LogP contribution in [0.25, 0.3) is 5.82 Å². The molecular formula is C10H12N4. The van der Waals surface area contributed by atoms with Crippen LogP contribution in [0.5, 0.6) is 0 Å². The monoisotopic (exact) mass is 188 g/mol. The van der Waals surface area contributed by atoms with Gasteiger partial charge in [0.2, 0.25) is 0 Å². The van der Waals surface area contributed by atoms with E-state index in [1.54, 1.807) is 12.4 Å². The van der Waals surface area contributed by atoms with Crippen molar-refractivity contribution in [1.29, 1.82) is 0 Å². The first-order chi connectivity index (χ1) is 6.68. The van der Waals surface area contributed by atoms with E-state index in [4.69, 9.17) is 5.73 Å². The molecule has 0 saturated heterocycles. The maximum Gasteiger partial charge on any atom is 0.140 e. The van der Waals surface area contributed by atoms with E-state index < -0.39 is 0 Å². The van der Waals surface area contributed by atoms with Crippen molar-refractivity contribution < 1.29 is 0 Å². The highest BCUT2D eigenvalue weighted by Gasteiger charge is 2.02. The molecule has 72 valence electrons. The molecule has 0 bridgehead atoms. The Hall–Kier alpha value is -1.84. The summed E-state index contributed by atoms with van der Waals surface area (Å²) in [6, 6.07) is 1.85. The number of nitrogen functional groups attached to an aromatic ring is 1. The molecule has 0 aliphatic rings. The van der Waals surface area contributed by atoms with Crippen LogP contribution in [0.2, 0.25) is 0 Å². The quantitative estimate of drug-likeness (QED) is 0.737. The molecule has 4 heteroatoms. The Labute approximate surface area is 82.4 Å². The zero-order valence-corrected chi connectivity index (χ0v) is 8.23. The zero-order chi connectivity index (χ0) is 10.1. The molecule has 0 aliphatic heterocycles. The third-order valence-electron chi connectivity index (χ3n) is 2.20. The minimum atomic E-state index is 0.753. The van der Waals surface area contributed by atoms with Gasteiger partial charge in [0.25, 0.3) is 0 Å². The summed E-state index contributed by atoms with van der Waals surface area (Å²) >= 11 is 0. The number of nitrogens with zero attached hydrogens (tertiary/aromatic N) is 3. The molecule has 0 spiro atoms. The van der Waals surface area contributed by atoms with Crippen LogP contribution in [0.3, 0.4) is 0 Å². The van der Waals surface area contributed by atoms with E-state index in [0.29, 0.717) is 0 Å². The second-order valence-corrected chi connectivity index (χ2v) is 3.24. The molecule has 0 fully saturated rings. The van der Waals surface area contributed by atoms with Crippen molar-refractivity contribution in [3.63, 3.8) is 0 Å². The van der Waals surface area contributed by atoms with Crippen molar-refractivity contribution in [3.05, 3.63) is 36.0 Å². The summed E-state index contributed by atoms with van der Waals surface area (Å²) in [6.07, 6.45) is 5.38. The molecular weight excluding hydrogens is 176 g/mol. The smallest absolute Gasteiger partial charge is 0.140 e. The van der Waals surface area contributed by atoms with Crippen LogP contribution >= 0.6 is 0 Å². The lowest BCUT2D eigenvalue weighted by Gasteiger charge is -2.06. The summed E-state index contributed by atoms with van der Waals surface area (Å²) in [4.78, 5) is 8.41. The van der Waals surface area contributed by atoms with Crippen LogP contribution in [-0.4, -0.2) is 14.5 Å². The van der Waals surface area contributed by atoms with E-state index in [0.717, 1.165) is 22.9 Å². The van der Waals surface area contributed by atoms with Crippen molar-refractivity contribution >= 4 is 5.69 Å². The van der Waals surface area contributed by atoms with E-state index >= 15 is 0 Å². The average Bonchev–Trinajstić information content (AvgIpc) is 2.57. The standard InChI is InChI=1S/C10H12N4/c1-7-6-13-10(5-9(7)11)14-4-3-12-8(14)2/h3-6H,1-2H3,(H2,11,13). The molecule has 0 atom stereocenters. The van der Waals surface area contributed by atoms with Gasteiger partial charge in [-0.05, 0) is 19.4 Å². The average molecular weight is 188 g/mol. The number of anilines is 1. The highest BCUT2D eigenvalue weighted by molar-refractivity contribution is 5.49. The number of pyridine rings is 1. The van der Waals surface area contributed by atoms with E-state index in [9.17, 15) is 0 Å². The molecule has 0 amide bonds. The minimum Gasteiger partial charge on any atom is -0.398 e. The Morgan fingerprint density at radius 1 is 1.29 bits per heavy atom. The first-order valence-corrected chi connectivity index (χ1v) is 4.41. The van der Waals surface area contributed by atoms with E-state index in [1.807, 2.05) is 30.7 Å². The maximum atomic E-state index is 5.80. The first-order valence-electron chi connectivity index (χ1n) is 4.41. The van der Waals surface area contributed by atoms with Crippen LogP contribution in [0, 0.1) is 13.8 Å². The molecule has 2 rings (SSSR count). The first kappa shape index (κ1) is 8.74. The molecule has 0 aliphatic carbocycles. The highest BCUT2D eigenvalue weighted by atomic mass is 15.1. The number of aryl methyl sites for hydroxylation is 2. The molecule has 0 radical (unpaired) electrons. The van der Waals surface area contributed by atoms with Gasteiger partial charge in [0.1, 0.15) is 11.6 Å². The number of imidazole rings is 1. The van der Waals surface area contributed by atoms with Crippen LogP contribution in [-0.2, 0) is 0 Å². The van der Waals surface area contributed by atoms with Gasteiger partial charge in [0, 0.05) is 30.3 Å². The predicted octanol–water partition coefficient (Wildman–Crippen LogP) is 1.47. The third kappa shape index (κ3) is 1.35. The second-order valence-electron chi connectivity index (χ2n) is 3.24. The van der Waals surface area contributed by atoms with Gasteiger partial charge >= 0.3 is 0 Å². The van der Waals surface area contributed by atoms with Gasteiger partial charge in [-0.1, -0.05) is 0 Å². The van der Waals surface area contributed by atoms with Crippen molar-refractivity contribution in [2.45, 2.75) is 13.8 Å². The fourth-order valence-electron chi connectivity index (χ4n) is 1.28. The number of rotatable bonds is 1. The summed E-state index contributed by atoms with van der Waals surface area (Å²) in [5.74, 6) is 1.71. The van der Waals surface area contributed by atoms with Crippen LogP contribution in [0.1, 0.15) is 11.4 Å². The molecule has 2 aromatic heterocycles. The van der Waals surface area contributed by atoms with Crippen LogP contribution in [0.15, 0.2) is 24.7 Å². The summed E-state index contributed by atoms with van der Waals surface area (Å²) in [6.45, 7) is 3.87.